The van der Waals surface area contributed by atoms with Crippen LogP contribution in [0.1, 0.15) is 23.7 Å². The molecule has 2 N–H and O–H groups in total. The van der Waals surface area contributed by atoms with Crippen LogP contribution in [0.5, 0.6) is 0 Å². The maximum atomic E-state index is 4.44. The largest absolute Gasteiger partial charge is 0.351 e. The molecular weight excluding hydrogens is 260 g/mol. The molecule has 1 unspecified atom stereocenters. The molecule has 0 bridgehead atoms. The molecule has 4 nitrogen and oxygen atoms in total. The first kappa shape index (κ1) is 12.1. The number of aromatic nitrogens is 4. The summed E-state index contributed by atoms with van der Waals surface area (Å²) < 4.78 is 0. The van der Waals surface area contributed by atoms with Crippen LogP contribution in [0.25, 0.3) is 17.5 Å². The monoisotopic (exact) mass is 276 g/mol. The maximum Gasteiger partial charge on any atom is 0.119 e. The van der Waals surface area contributed by atoms with E-state index in [-0.39, 0.29) is 5.41 Å². The molecule has 1 aliphatic carbocycles. The number of H-pyrrole nitrogens is 2. The number of imidazole rings is 1. The van der Waals surface area contributed by atoms with Crippen LogP contribution < -0.4 is 0 Å². The van der Waals surface area contributed by atoms with Crippen molar-refractivity contribution in [1.82, 2.24) is 20.2 Å². The second kappa shape index (κ2) is 4.45. The lowest BCUT2D eigenvalue weighted by molar-refractivity contribution is 0.577. The van der Waals surface area contributed by atoms with Crippen LogP contribution in [-0.4, -0.2) is 20.2 Å². The standard InChI is InChI=1S/C17H16N4/c1-17(12-5-3-2-4-6-12)8-7-13-14(9-17)20-21-16(13)15-10-18-11-19-15/h2-8,10-11H,9H2,1H3,(H,18,19)(H,20,21). The van der Waals surface area contributed by atoms with Crippen molar-refractivity contribution in [1.29, 1.82) is 0 Å². The van der Waals surface area contributed by atoms with Gasteiger partial charge in [-0.05, 0) is 5.56 Å². The molecule has 0 aliphatic heterocycles. The highest BCUT2D eigenvalue weighted by atomic mass is 15.1. The van der Waals surface area contributed by atoms with E-state index >= 15 is 0 Å². The summed E-state index contributed by atoms with van der Waals surface area (Å²) >= 11 is 0. The number of nitrogens with zero attached hydrogens (tertiary/aromatic N) is 2. The Balaban J connectivity index is 1.76. The van der Waals surface area contributed by atoms with Gasteiger partial charge in [-0.1, -0.05) is 49.4 Å². The Morgan fingerprint density at radius 1 is 1.19 bits per heavy atom. The van der Waals surface area contributed by atoms with Crippen molar-refractivity contribution in [2.24, 2.45) is 0 Å². The van der Waals surface area contributed by atoms with Crippen LogP contribution in [-0.2, 0) is 11.8 Å². The first-order chi connectivity index (χ1) is 10.3. The van der Waals surface area contributed by atoms with Crippen molar-refractivity contribution in [2.75, 3.05) is 0 Å². The van der Waals surface area contributed by atoms with Crippen LogP contribution in [0.2, 0.25) is 0 Å². The van der Waals surface area contributed by atoms with Crippen molar-refractivity contribution in [3.05, 3.63) is 65.8 Å². The number of hydrogen-bond acceptors (Lipinski definition) is 2. The van der Waals surface area contributed by atoms with E-state index < -0.39 is 0 Å². The zero-order valence-corrected chi connectivity index (χ0v) is 11.8. The van der Waals surface area contributed by atoms with Gasteiger partial charge >= 0.3 is 0 Å². The van der Waals surface area contributed by atoms with E-state index in [0.29, 0.717) is 0 Å². The molecule has 0 saturated heterocycles. The molecular formula is C17H16N4. The molecule has 1 aliphatic rings. The van der Waals surface area contributed by atoms with E-state index in [9.17, 15) is 0 Å². The first-order valence-electron chi connectivity index (χ1n) is 7.07. The number of fused-ring (bicyclic) bond motifs is 1. The predicted octanol–water partition coefficient (Wildman–Crippen LogP) is 3.33. The Bertz CT molecular complexity index is 784. The SMILES string of the molecule is CC1(c2ccccc2)C=Cc2c(-c3c[nH]cn3)n[nH]c2C1. The molecule has 0 fully saturated rings. The Kier molecular flexibility index (Phi) is 2.57. The van der Waals surface area contributed by atoms with Gasteiger partial charge in [0.15, 0.2) is 0 Å². The van der Waals surface area contributed by atoms with Crippen molar-refractivity contribution >= 4 is 6.08 Å². The predicted molar refractivity (Wildman–Crippen MR) is 82.7 cm³/mol. The van der Waals surface area contributed by atoms with Gasteiger partial charge in [0.25, 0.3) is 0 Å². The van der Waals surface area contributed by atoms with Gasteiger partial charge in [0, 0.05) is 29.3 Å². The number of hydrogen-bond donors (Lipinski definition) is 2. The fraction of sp³-hybridized carbons (Fsp3) is 0.176. The normalized spacial score (nSPS) is 20.4. The van der Waals surface area contributed by atoms with E-state index in [2.05, 4.69) is 69.6 Å². The molecule has 0 spiro atoms. The van der Waals surface area contributed by atoms with E-state index in [1.54, 1.807) is 6.33 Å². The minimum atomic E-state index is 0.00361. The van der Waals surface area contributed by atoms with E-state index in [1.165, 1.54) is 11.3 Å². The molecule has 2 aromatic heterocycles. The molecule has 1 aromatic carbocycles. The van der Waals surface area contributed by atoms with Crippen molar-refractivity contribution in [3.8, 4) is 11.4 Å². The molecule has 0 amide bonds. The Labute approximate surface area is 123 Å². The molecule has 104 valence electrons. The first-order valence-corrected chi connectivity index (χ1v) is 7.07. The highest BCUT2D eigenvalue weighted by Gasteiger charge is 2.30. The number of rotatable bonds is 2. The molecule has 2 heterocycles. The summed E-state index contributed by atoms with van der Waals surface area (Å²) in [5.41, 5.74) is 5.43. The van der Waals surface area contributed by atoms with Crippen LogP contribution in [0.4, 0.5) is 0 Å². The van der Waals surface area contributed by atoms with E-state index in [4.69, 9.17) is 0 Å². The van der Waals surface area contributed by atoms with Crippen molar-refractivity contribution in [2.45, 2.75) is 18.8 Å². The summed E-state index contributed by atoms with van der Waals surface area (Å²) in [7, 11) is 0. The number of benzene rings is 1. The van der Waals surface area contributed by atoms with Crippen molar-refractivity contribution < 1.29 is 0 Å². The third-order valence-corrected chi connectivity index (χ3v) is 4.22. The van der Waals surface area contributed by atoms with Gasteiger partial charge in [0.2, 0.25) is 0 Å². The average Bonchev–Trinajstić information content (AvgIpc) is 3.16. The lowest BCUT2D eigenvalue weighted by atomic mass is 9.74. The lowest BCUT2D eigenvalue weighted by Gasteiger charge is -2.29. The Morgan fingerprint density at radius 3 is 2.81 bits per heavy atom. The van der Waals surface area contributed by atoms with Crippen LogP contribution >= 0.6 is 0 Å². The number of nitrogens with one attached hydrogen (secondary N) is 2. The Morgan fingerprint density at radius 2 is 2.05 bits per heavy atom. The van der Waals surface area contributed by atoms with Gasteiger partial charge in [-0.15, -0.1) is 0 Å². The topological polar surface area (TPSA) is 57.4 Å². The Hall–Kier alpha value is -2.62. The molecule has 1 atom stereocenters. The van der Waals surface area contributed by atoms with Gasteiger partial charge in [0.1, 0.15) is 11.4 Å². The molecule has 0 radical (unpaired) electrons. The molecule has 21 heavy (non-hydrogen) atoms. The van der Waals surface area contributed by atoms with Gasteiger partial charge < -0.3 is 4.98 Å². The second-order valence-electron chi connectivity index (χ2n) is 5.71. The summed E-state index contributed by atoms with van der Waals surface area (Å²) in [4.78, 5) is 7.27. The quantitative estimate of drug-likeness (QED) is 0.754. The number of aromatic amines is 2. The zero-order chi connectivity index (χ0) is 14.3. The molecule has 3 aromatic rings. The van der Waals surface area contributed by atoms with Gasteiger partial charge in [-0.3, -0.25) is 5.10 Å². The summed E-state index contributed by atoms with van der Waals surface area (Å²) in [5, 5.41) is 7.63. The summed E-state index contributed by atoms with van der Waals surface area (Å²) in [6.45, 7) is 2.26. The van der Waals surface area contributed by atoms with E-state index in [1.807, 2.05) is 6.20 Å². The smallest absolute Gasteiger partial charge is 0.119 e. The average molecular weight is 276 g/mol. The van der Waals surface area contributed by atoms with Crippen LogP contribution in [0.3, 0.4) is 0 Å². The fourth-order valence-corrected chi connectivity index (χ4v) is 3.00. The number of allylic oxidation sites excluding steroid dienone is 1. The summed E-state index contributed by atoms with van der Waals surface area (Å²) in [6, 6.07) is 10.6. The zero-order valence-electron chi connectivity index (χ0n) is 11.8. The van der Waals surface area contributed by atoms with Gasteiger partial charge in [-0.2, -0.15) is 5.10 Å². The van der Waals surface area contributed by atoms with Gasteiger partial charge in [0.05, 0.1) is 6.33 Å². The minimum Gasteiger partial charge on any atom is -0.351 e. The van der Waals surface area contributed by atoms with Crippen LogP contribution in [0.15, 0.2) is 48.9 Å². The summed E-state index contributed by atoms with van der Waals surface area (Å²) in [6.07, 6.45) is 8.91. The van der Waals surface area contributed by atoms with E-state index in [0.717, 1.165) is 23.4 Å². The maximum absolute atomic E-state index is 4.44. The molecule has 4 rings (SSSR count). The fourth-order valence-electron chi connectivity index (χ4n) is 3.00. The lowest BCUT2D eigenvalue weighted by Crippen LogP contribution is -2.25. The highest BCUT2D eigenvalue weighted by molar-refractivity contribution is 5.73. The third kappa shape index (κ3) is 1.91. The molecule has 0 saturated carbocycles. The molecule has 4 heteroatoms. The van der Waals surface area contributed by atoms with Gasteiger partial charge in [-0.25, -0.2) is 4.98 Å². The highest BCUT2D eigenvalue weighted by Crippen LogP contribution is 2.37. The summed E-state index contributed by atoms with van der Waals surface area (Å²) in [5.74, 6) is 0. The second-order valence-corrected chi connectivity index (χ2v) is 5.71. The van der Waals surface area contributed by atoms with Crippen molar-refractivity contribution in [3.63, 3.8) is 0 Å². The minimum absolute atomic E-state index is 0.00361. The third-order valence-electron chi connectivity index (χ3n) is 4.22. The van der Waals surface area contributed by atoms with Crippen LogP contribution in [0, 0.1) is 0 Å².